The van der Waals surface area contributed by atoms with Gasteiger partial charge in [-0.2, -0.15) is 0 Å². The summed E-state index contributed by atoms with van der Waals surface area (Å²) in [6, 6.07) is 0.593. The molecule has 1 saturated carbocycles. The molecule has 2 rings (SSSR count). The normalized spacial score (nSPS) is 33.9. The van der Waals surface area contributed by atoms with Crippen molar-refractivity contribution in [2.24, 2.45) is 17.8 Å². The summed E-state index contributed by atoms with van der Waals surface area (Å²) < 4.78 is 5.55. The number of hydrogen-bond donors (Lipinski definition) is 1. The topological polar surface area (TPSA) is 24.5 Å². The third-order valence-electron chi connectivity index (χ3n) is 6.12. The Labute approximate surface area is 131 Å². The number of nitrogens with one attached hydrogen (secondary N) is 1. The first-order chi connectivity index (χ1) is 9.96. The number of nitrogens with zero attached hydrogens (tertiary/aromatic N) is 1. The van der Waals surface area contributed by atoms with Gasteiger partial charge in [0.2, 0.25) is 0 Å². The zero-order chi connectivity index (χ0) is 15.5. The number of rotatable bonds is 5. The van der Waals surface area contributed by atoms with Gasteiger partial charge >= 0.3 is 0 Å². The van der Waals surface area contributed by atoms with Crippen molar-refractivity contribution in [1.29, 1.82) is 0 Å². The van der Waals surface area contributed by atoms with Crippen LogP contribution in [0.25, 0.3) is 0 Å². The lowest BCUT2D eigenvalue weighted by molar-refractivity contribution is -0.0372. The summed E-state index contributed by atoms with van der Waals surface area (Å²) in [4.78, 5) is 2.65. The van der Waals surface area contributed by atoms with E-state index in [1.807, 2.05) is 0 Å². The first-order valence-electron chi connectivity index (χ1n) is 9.03. The summed E-state index contributed by atoms with van der Waals surface area (Å²) >= 11 is 0. The minimum absolute atomic E-state index is 0.213. The Kier molecular flexibility index (Phi) is 6.10. The van der Waals surface area contributed by atoms with Crippen molar-refractivity contribution in [2.45, 2.75) is 65.5 Å². The van der Waals surface area contributed by atoms with E-state index in [1.54, 1.807) is 0 Å². The number of hydrogen-bond acceptors (Lipinski definition) is 3. The maximum absolute atomic E-state index is 5.55. The van der Waals surface area contributed by atoms with Gasteiger partial charge in [0.1, 0.15) is 0 Å². The smallest absolute Gasteiger partial charge is 0.0594 e. The fraction of sp³-hybridized carbons (Fsp3) is 1.00. The highest BCUT2D eigenvalue weighted by molar-refractivity contribution is 4.99. The first kappa shape index (κ1) is 17.2. The lowest BCUT2D eigenvalue weighted by Gasteiger charge is -2.50. The van der Waals surface area contributed by atoms with E-state index < -0.39 is 0 Å². The van der Waals surface area contributed by atoms with Gasteiger partial charge in [-0.1, -0.05) is 27.2 Å². The largest absolute Gasteiger partial charge is 0.379 e. The fourth-order valence-corrected chi connectivity index (χ4v) is 4.44. The van der Waals surface area contributed by atoms with E-state index in [0.717, 1.165) is 50.6 Å². The average molecular weight is 296 g/mol. The van der Waals surface area contributed by atoms with Gasteiger partial charge in [0, 0.05) is 24.7 Å². The molecule has 21 heavy (non-hydrogen) atoms. The van der Waals surface area contributed by atoms with Crippen molar-refractivity contribution in [3.05, 3.63) is 0 Å². The zero-order valence-corrected chi connectivity index (χ0v) is 14.8. The zero-order valence-electron chi connectivity index (χ0n) is 14.8. The standard InChI is InChI=1S/C18H36N2O/c1-6-19-17(16-8-7-14(2)15(3)13-16)18(4,5)20-9-11-21-12-10-20/h14-17,19H,6-13H2,1-5H3. The molecule has 1 saturated heterocycles. The van der Waals surface area contributed by atoms with Crippen molar-refractivity contribution >= 4 is 0 Å². The highest BCUT2D eigenvalue weighted by Crippen LogP contribution is 2.39. The summed E-state index contributed by atoms with van der Waals surface area (Å²) in [6.45, 7) is 17.0. The lowest BCUT2D eigenvalue weighted by atomic mass is 9.69. The van der Waals surface area contributed by atoms with Gasteiger partial charge in [-0.15, -0.1) is 0 Å². The van der Waals surface area contributed by atoms with Gasteiger partial charge in [-0.25, -0.2) is 0 Å². The molecule has 124 valence electrons. The minimum atomic E-state index is 0.213. The highest BCUT2D eigenvalue weighted by atomic mass is 16.5. The number of likely N-dealkylation sites (N-methyl/N-ethyl adjacent to an activating group) is 1. The molecule has 0 radical (unpaired) electrons. The Balaban J connectivity index is 2.09. The summed E-state index contributed by atoms with van der Waals surface area (Å²) in [5.41, 5.74) is 0.213. The minimum Gasteiger partial charge on any atom is -0.379 e. The van der Waals surface area contributed by atoms with Gasteiger partial charge in [0.15, 0.2) is 0 Å². The van der Waals surface area contributed by atoms with Crippen LogP contribution in [0, 0.1) is 17.8 Å². The van der Waals surface area contributed by atoms with Crippen LogP contribution in [0.5, 0.6) is 0 Å². The molecule has 3 heteroatoms. The third kappa shape index (κ3) is 4.00. The molecule has 1 aliphatic carbocycles. The monoisotopic (exact) mass is 296 g/mol. The predicted molar refractivity (Wildman–Crippen MR) is 89.6 cm³/mol. The van der Waals surface area contributed by atoms with Gasteiger partial charge < -0.3 is 10.1 Å². The van der Waals surface area contributed by atoms with E-state index in [1.165, 1.54) is 19.3 Å². The molecule has 4 atom stereocenters. The second kappa shape index (κ2) is 7.43. The van der Waals surface area contributed by atoms with Crippen LogP contribution in [0.1, 0.15) is 53.9 Å². The van der Waals surface area contributed by atoms with E-state index in [-0.39, 0.29) is 5.54 Å². The molecule has 0 spiro atoms. The van der Waals surface area contributed by atoms with Crippen molar-refractivity contribution in [3.8, 4) is 0 Å². The Morgan fingerprint density at radius 1 is 1.14 bits per heavy atom. The van der Waals surface area contributed by atoms with Crippen LogP contribution in [-0.4, -0.2) is 49.3 Å². The van der Waals surface area contributed by atoms with Gasteiger partial charge in [-0.05, 0) is 51.0 Å². The van der Waals surface area contributed by atoms with E-state index in [4.69, 9.17) is 4.74 Å². The van der Waals surface area contributed by atoms with Crippen LogP contribution >= 0.6 is 0 Å². The van der Waals surface area contributed by atoms with E-state index >= 15 is 0 Å². The second-order valence-corrected chi connectivity index (χ2v) is 7.82. The maximum atomic E-state index is 5.55. The third-order valence-corrected chi connectivity index (χ3v) is 6.12. The first-order valence-corrected chi connectivity index (χ1v) is 9.03. The van der Waals surface area contributed by atoms with E-state index in [0.29, 0.717) is 6.04 Å². The summed E-state index contributed by atoms with van der Waals surface area (Å²) in [7, 11) is 0. The molecule has 3 nitrogen and oxygen atoms in total. The SMILES string of the molecule is CCNC(C1CCC(C)C(C)C1)C(C)(C)N1CCOCC1. The molecular formula is C18H36N2O. The molecule has 0 aromatic carbocycles. The van der Waals surface area contributed by atoms with Crippen molar-refractivity contribution < 1.29 is 4.74 Å². The lowest BCUT2D eigenvalue weighted by Crippen LogP contribution is -2.63. The van der Waals surface area contributed by atoms with Crippen molar-refractivity contribution in [1.82, 2.24) is 10.2 Å². The van der Waals surface area contributed by atoms with Gasteiger partial charge in [-0.3, -0.25) is 4.90 Å². The number of morpholine rings is 1. The molecule has 4 unspecified atom stereocenters. The van der Waals surface area contributed by atoms with Crippen molar-refractivity contribution in [3.63, 3.8) is 0 Å². The molecule has 1 N–H and O–H groups in total. The summed E-state index contributed by atoms with van der Waals surface area (Å²) in [6.07, 6.45) is 4.16. The highest BCUT2D eigenvalue weighted by Gasteiger charge is 2.41. The molecule has 0 amide bonds. The van der Waals surface area contributed by atoms with Crippen LogP contribution in [0.4, 0.5) is 0 Å². The number of ether oxygens (including phenoxy) is 1. The van der Waals surface area contributed by atoms with E-state index in [2.05, 4.69) is 44.8 Å². The molecule has 1 aliphatic heterocycles. The van der Waals surface area contributed by atoms with Gasteiger partial charge in [0.25, 0.3) is 0 Å². The molecule has 2 fully saturated rings. The Hall–Kier alpha value is -0.120. The van der Waals surface area contributed by atoms with E-state index in [9.17, 15) is 0 Å². The summed E-state index contributed by atoms with van der Waals surface area (Å²) in [5.74, 6) is 2.58. The Bertz CT molecular complexity index is 312. The summed E-state index contributed by atoms with van der Waals surface area (Å²) in [5, 5.41) is 3.84. The molecule has 0 aromatic heterocycles. The van der Waals surface area contributed by atoms with Crippen LogP contribution in [-0.2, 0) is 4.74 Å². The van der Waals surface area contributed by atoms with Crippen LogP contribution < -0.4 is 5.32 Å². The van der Waals surface area contributed by atoms with Crippen LogP contribution in [0.15, 0.2) is 0 Å². The Morgan fingerprint density at radius 3 is 2.38 bits per heavy atom. The van der Waals surface area contributed by atoms with Gasteiger partial charge in [0.05, 0.1) is 13.2 Å². The second-order valence-electron chi connectivity index (χ2n) is 7.82. The predicted octanol–water partition coefficient (Wildman–Crippen LogP) is 3.15. The average Bonchev–Trinajstić information content (AvgIpc) is 2.48. The quantitative estimate of drug-likeness (QED) is 0.843. The fourth-order valence-electron chi connectivity index (χ4n) is 4.44. The van der Waals surface area contributed by atoms with Crippen LogP contribution in [0.2, 0.25) is 0 Å². The molecule has 1 heterocycles. The maximum Gasteiger partial charge on any atom is 0.0594 e. The molecule has 0 aromatic rings. The molecule has 0 bridgehead atoms. The molecular weight excluding hydrogens is 260 g/mol. The Morgan fingerprint density at radius 2 is 1.81 bits per heavy atom. The molecule has 2 aliphatic rings. The van der Waals surface area contributed by atoms with Crippen molar-refractivity contribution in [2.75, 3.05) is 32.8 Å². The van der Waals surface area contributed by atoms with Crippen LogP contribution in [0.3, 0.4) is 0 Å².